The molecule has 1 aromatic heterocycles. The van der Waals surface area contributed by atoms with Crippen molar-refractivity contribution < 1.29 is 14.3 Å². The zero-order valence-corrected chi connectivity index (χ0v) is 18.6. The lowest BCUT2D eigenvalue weighted by Gasteiger charge is -2.23. The van der Waals surface area contributed by atoms with Crippen molar-refractivity contribution >= 4 is 28.5 Å². The van der Waals surface area contributed by atoms with E-state index in [9.17, 15) is 9.59 Å². The average Bonchev–Trinajstić information content (AvgIpc) is 3.23. The van der Waals surface area contributed by atoms with E-state index in [1.165, 1.54) is 4.90 Å². The van der Waals surface area contributed by atoms with E-state index in [-0.39, 0.29) is 24.9 Å². The smallest absolute Gasteiger partial charge is 0.245 e. The summed E-state index contributed by atoms with van der Waals surface area (Å²) in [6.07, 6.45) is 0. The first kappa shape index (κ1) is 22.0. The van der Waals surface area contributed by atoms with Gasteiger partial charge in [-0.2, -0.15) is 0 Å². The van der Waals surface area contributed by atoms with Crippen molar-refractivity contribution in [3.63, 3.8) is 0 Å². The molecule has 0 aliphatic carbocycles. The Bertz CT molecular complexity index is 1270. The Morgan fingerprint density at radius 2 is 1.73 bits per heavy atom. The molecule has 1 N–H and O–H groups in total. The number of para-hydroxylation sites is 1. The number of nitrogens with zero attached hydrogens (tertiary/aromatic N) is 4. The lowest BCUT2D eigenvalue weighted by Crippen LogP contribution is -2.39. The molecule has 0 aliphatic heterocycles. The zero-order chi connectivity index (χ0) is 23.2. The Labute approximate surface area is 191 Å². The van der Waals surface area contributed by atoms with Crippen LogP contribution in [0.2, 0.25) is 0 Å². The molecule has 0 spiro atoms. The van der Waals surface area contributed by atoms with Gasteiger partial charge in [-0.05, 0) is 54.4 Å². The van der Waals surface area contributed by atoms with Crippen LogP contribution in [-0.2, 0) is 22.7 Å². The minimum atomic E-state index is -0.287. The highest BCUT2D eigenvalue weighted by Crippen LogP contribution is 2.16. The molecule has 0 saturated carbocycles. The van der Waals surface area contributed by atoms with Crippen molar-refractivity contribution in [3.8, 4) is 5.75 Å². The lowest BCUT2D eigenvalue weighted by molar-refractivity contribution is -0.136. The summed E-state index contributed by atoms with van der Waals surface area (Å²) in [5.74, 6) is 0.189. The molecule has 3 aromatic carbocycles. The molecule has 0 saturated heterocycles. The van der Waals surface area contributed by atoms with Crippen molar-refractivity contribution in [1.82, 2.24) is 19.9 Å². The van der Waals surface area contributed by atoms with Gasteiger partial charge < -0.3 is 15.0 Å². The highest BCUT2D eigenvalue weighted by Gasteiger charge is 2.20. The minimum absolute atomic E-state index is 0.0117. The second kappa shape index (κ2) is 9.95. The fraction of sp³-hybridized carbons (Fsp3) is 0.200. The van der Waals surface area contributed by atoms with Gasteiger partial charge in [0.2, 0.25) is 11.8 Å². The number of anilines is 1. The summed E-state index contributed by atoms with van der Waals surface area (Å²) >= 11 is 0. The van der Waals surface area contributed by atoms with Crippen LogP contribution < -0.4 is 10.1 Å². The summed E-state index contributed by atoms with van der Waals surface area (Å²) in [5.41, 5.74) is 4.15. The first-order valence-corrected chi connectivity index (χ1v) is 10.6. The van der Waals surface area contributed by atoms with Gasteiger partial charge in [-0.15, -0.1) is 5.10 Å². The fourth-order valence-corrected chi connectivity index (χ4v) is 3.54. The van der Waals surface area contributed by atoms with Gasteiger partial charge in [-0.3, -0.25) is 9.59 Å². The first-order valence-electron chi connectivity index (χ1n) is 10.6. The Kier molecular flexibility index (Phi) is 6.64. The summed E-state index contributed by atoms with van der Waals surface area (Å²) in [6.45, 7) is 2.20. The largest absolute Gasteiger partial charge is 0.497 e. The summed E-state index contributed by atoms with van der Waals surface area (Å²) < 4.78 is 6.71. The van der Waals surface area contributed by atoms with Crippen molar-refractivity contribution in [2.24, 2.45) is 0 Å². The summed E-state index contributed by atoms with van der Waals surface area (Å²) in [6, 6.07) is 22.3. The molecule has 0 atom stereocenters. The van der Waals surface area contributed by atoms with E-state index in [1.54, 1.807) is 36.1 Å². The molecule has 33 heavy (non-hydrogen) atoms. The molecule has 0 bridgehead atoms. The molecular weight excluding hydrogens is 418 g/mol. The maximum Gasteiger partial charge on any atom is 0.245 e. The summed E-state index contributed by atoms with van der Waals surface area (Å²) in [5, 5.41) is 11.1. The third kappa shape index (κ3) is 5.35. The van der Waals surface area contributed by atoms with Crippen LogP contribution in [0.4, 0.5) is 5.69 Å². The number of aryl methyl sites for hydroxylation is 1. The second-order valence-corrected chi connectivity index (χ2v) is 7.69. The molecule has 4 rings (SSSR count). The molecular formula is C25H25N5O3. The number of carbonyl (C=O) groups is 2. The van der Waals surface area contributed by atoms with Gasteiger partial charge in [-0.25, -0.2) is 4.68 Å². The van der Waals surface area contributed by atoms with Gasteiger partial charge in [0.15, 0.2) is 0 Å². The van der Waals surface area contributed by atoms with E-state index < -0.39 is 0 Å². The Balaban J connectivity index is 1.52. The third-order valence-electron chi connectivity index (χ3n) is 5.39. The van der Waals surface area contributed by atoms with Gasteiger partial charge in [0.25, 0.3) is 0 Å². The number of rotatable bonds is 8. The number of amides is 2. The van der Waals surface area contributed by atoms with Crippen LogP contribution in [0.5, 0.6) is 5.75 Å². The van der Waals surface area contributed by atoms with Gasteiger partial charge in [-0.1, -0.05) is 41.6 Å². The van der Waals surface area contributed by atoms with E-state index >= 15 is 0 Å². The molecule has 8 nitrogen and oxygen atoms in total. The van der Waals surface area contributed by atoms with Crippen LogP contribution in [-0.4, -0.2) is 45.4 Å². The highest BCUT2D eigenvalue weighted by atomic mass is 16.5. The number of nitrogens with one attached hydrogen (secondary N) is 1. The molecule has 0 unspecified atom stereocenters. The highest BCUT2D eigenvalue weighted by molar-refractivity contribution is 5.94. The predicted molar refractivity (Wildman–Crippen MR) is 126 cm³/mol. The number of hydrogen-bond donors (Lipinski definition) is 1. The van der Waals surface area contributed by atoms with Crippen LogP contribution in [0.1, 0.15) is 11.1 Å². The molecule has 8 heteroatoms. The molecule has 2 amide bonds. The molecule has 0 fully saturated rings. The van der Waals surface area contributed by atoms with Gasteiger partial charge in [0.1, 0.15) is 24.4 Å². The van der Waals surface area contributed by atoms with Crippen LogP contribution in [0.15, 0.2) is 72.8 Å². The van der Waals surface area contributed by atoms with E-state index in [0.717, 1.165) is 16.6 Å². The van der Waals surface area contributed by atoms with Crippen molar-refractivity contribution in [3.05, 3.63) is 83.9 Å². The van der Waals surface area contributed by atoms with Crippen LogP contribution in [0.25, 0.3) is 11.0 Å². The summed E-state index contributed by atoms with van der Waals surface area (Å²) in [7, 11) is 1.58. The van der Waals surface area contributed by atoms with E-state index in [0.29, 0.717) is 23.5 Å². The van der Waals surface area contributed by atoms with Crippen molar-refractivity contribution in [1.29, 1.82) is 0 Å². The molecule has 0 radical (unpaired) electrons. The van der Waals surface area contributed by atoms with Crippen molar-refractivity contribution in [2.75, 3.05) is 19.0 Å². The van der Waals surface area contributed by atoms with Crippen LogP contribution >= 0.6 is 0 Å². The van der Waals surface area contributed by atoms with Crippen LogP contribution in [0, 0.1) is 6.92 Å². The third-order valence-corrected chi connectivity index (χ3v) is 5.39. The number of ether oxygens (including phenoxy) is 1. The monoisotopic (exact) mass is 443 g/mol. The Morgan fingerprint density at radius 3 is 2.48 bits per heavy atom. The maximum atomic E-state index is 13.3. The lowest BCUT2D eigenvalue weighted by atomic mass is 10.1. The zero-order valence-electron chi connectivity index (χ0n) is 18.6. The second-order valence-electron chi connectivity index (χ2n) is 7.69. The normalized spacial score (nSPS) is 10.7. The average molecular weight is 444 g/mol. The predicted octanol–water partition coefficient (Wildman–Crippen LogP) is 3.42. The number of carbonyl (C=O) groups excluding carboxylic acids is 2. The van der Waals surface area contributed by atoms with Gasteiger partial charge >= 0.3 is 0 Å². The van der Waals surface area contributed by atoms with E-state index in [4.69, 9.17) is 4.74 Å². The van der Waals surface area contributed by atoms with Crippen LogP contribution in [0.3, 0.4) is 0 Å². The quantitative estimate of drug-likeness (QED) is 0.451. The number of fused-ring (bicyclic) bond motifs is 1. The topological polar surface area (TPSA) is 89.4 Å². The number of methoxy groups -OCH3 is 1. The molecule has 4 aromatic rings. The SMILES string of the molecule is COc1ccc(NC(=O)CN(Cc2ccccc2C)C(=O)Cn2nnc3ccccc32)cc1. The summed E-state index contributed by atoms with van der Waals surface area (Å²) in [4.78, 5) is 27.6. The minimum Gasteiger partial charge on any atom is -0.497 e. The Hall–Kier alpha value is -4.20. The number of hydrogen-bond acceptors (Lipinski definition) is 5. The molecule has 1 heterocycles. The van der Waals surface area contributed by atoms with Gasteiger partial charge in [0, 0.05) is 12.2 Å². The fourth-order valence-electron chi connectivity index (χ4n) is 3.54. The first-order chi connectivity index (χ1) is 16.0. The molecule has 0 aliphatic rings. The van der Waals surface area contributed by atoms with Gasteiger partial charge in [0.05, 0.1) is 12.6 Å². The maximum absolute atomic E-state index is 13.3. The van der Waals surface area contributed by atoms with E-state index in [2.05, 4.69) is 15.6 Å². The Morgan fingerprint density at radius 1 is 1.00 bits per heavy atom. The molecule has 168 valence electrons. The van der Waals surface area contributed by atoms with Crippen molar-refractivity contribution in [2.45, 2.75) is 20.0 Å². The van der Waals surface area contributed by atoms with E-state index in [1.807, 2.05) is 55.5 Å². The number of benzene rings is 3. The number of aromatic nitrogens is 3. The standard InChI is InChI=1S/C25H25N5O3/c1-18-7-3-4-8-19(18)15-29(16-24(31)26-20-11-13-21(33-2)14-12-20)25(32)17-30-23-10-6-5-9-22(23)27-28-30/h3-14H,15-17H2,1-2H3,(H,26,31).